The molecule has 0 aliphatic carbocycles. The molecular weight excluding hydrogens is 548 g/mol. The van der Waals surface area contributed by atoms with Crippen LogP contribution in [-0.2, 0) is 17.1 Å². The molecule has 2 heteroatoms. The van der Waals surface area contributed by atoms with Gasteiger partial charge in [-0.25, -0.2) is 0 Å². The summed E-state index contributed by atoms with van der Waals surface area (Å²) in [4.78, 5) is 0. The van der Waals surface area contributed by atoms with Gasteiger partial charge in [0.1, 0.15) is 0 Å². The SMILES string of the molecule is Br.CCCCCCCCCCC[CH2][Ag]([c]1ccccc1)([c]1ccccc1)[c]1ccccc1. The second kappa shape index (κ2) is 15.7. The third-order valence-corrected chi connectivity index (χ3v) is 13.2. The Morgan fingerprint density at radius 2 is 0.750 bits per heavy atom. The molecule has 0 amide bonds. The van der Waals surface area contributed by atoms with Crippen LogP contribution < -0.4 is 11.3 Å². The first kappa shape index (κ1) is 27.1. The van der Waals surface area contributed by atoms with E-state index in [1.807, 2.05) is 0 Å². The van der Waals surface area contributed by atoms with Gasteiger partial charge in [-0.2, -0.15) is 0 Å². The maximum atomic E-state index is 2.38. The first-order chi connectivity index (χ1) is 15.4. The molecule has 0 aromatic heterocycles. The molecule has 0 aliphatic rings. The molecule has 0 N–H and O–H groups in total. The van der Waals surface area contributed by atoms with Gasteiger partial charge in [-0.1, -0.05) is 0 Å². The molecule has 0 fully saturated rings. The summed E-state index contributed by atoms with van der Waals surface area (Å²) in [6.07, 6.45) is 13.9. The summed E-state index contributed by atoms with van der Waals surface area (Å²) < 4.78 is 5.93. The molecule has 3 rings (SSSR count). The van der Waals surface area contributed by atoms with Crippen molar-refractivity contribution in [3.8, 4) is 0 Å². The van der Waals surface area contributed by atoms with Crippen LogP contribution in [0.25, 0.3) is 0 Å². The van der Waals surface area contributed by atoms with Gasteiger partial charge in [-0.05, 0) is 0 Å². The fourth-order valence-corrected chi connectivity index (χ4v) is 11.3. The topological polar surface area (TPSA) is 0 Å². The van der Waals surface area contributed by atoms with Crippen molar-refractivity contribution in [3.63, 3.8) is 0 Å². The summed E-state index contributed by atoms with van der Waals surface area (Å²) in [5.74, 6) is 0. The standard InChI is InChI=1S/C12H25.3C6H5.Ag.BrH/c1-3-5-7-9-11-12-10-8-6-4-2;3*1-2-4-6-5-3-1;;/h1,3-12H2,2H3;3*1-5H;;1H. The Morgan fingerprint density at radius 3 is 1.09 bits per heavy atom. The molecule has 32 heavy (non-hydrogen) atoms. The van der Waals surface area contributed by atoms with Crippen molar-refractivity contribution in [2.75, 3.05) is 0 Å². The molecule has 0 heterocycles. The molecule has 0 atom stereocenters. The molecule has 3 aromatic carbocycles. The summed E-state index contributed by atoms with van der Waals surface area (Å²) in [5.41, 5.74) is 0. The van der Waals surface area contributed by atoms with Gasteiger partial charge in [0.2, 0.25) is 0 Å². The van der Waals surface area contributed by atoms with Crippen LogP contribution in [0, 0.1) is 0 Å². The number of benzene rings is 3. The van der Waals surface area contributed by atoms with E-state index in [9.17, 15) is 0 Å². The maximum absolute atomic E-state index is 2.38. The van der Waals surface area contributed by atoms with E-state index >= 15 is 0 Å². The second-order valence-corrected chi connectivity index (χ2v) is 14.1. The molecular formula is C30H41AgBr. The zero-order chi connectivity index (χ0) is 21.6. The van der Waals surface area contributed by atoms with E-state index in [1.54, 1.807) is 11.3 Å². The zero-order valence-electron chi connectivity index (χ0n) is 19.6. The molecule has 0 nitrogen and oxygen atoms in total. The quantitative estimate of drug-likeness (QED) is 0.132. The first-order valence-corrected chi connectivity index (χ1v) is 15.4. The second-order valence-electron chi connectivity index (χ2n) is 8.13. The fourth-order valence-electron chi connectivity index (χ4n) is 4.00. The van der Waals surface area contributed by atoms with Crippen molar-refractivity contribution in [2.24, 2.45) is 0 Å². The third kappa shape index (κ3) is 7.73. The Hall–Kier alpha value is -1.12. The molecule has 0 saturated carbocycles. The predicted octanol–water partition coefficient (Wildman–Crippen LogP) is 8.03. The normalized spacial score (nSPS) is 11.7. The monoisotopic (exact) mass is 587 g/mol. The molecule has 179 valence electrons. The number of halogens is 1. The Balaban J connectivity index is 0.00000363. The van der Waals surface area contributed by atoms with Crippen LogP contribution in [-0.4, -0.2) is 0 Å². The Morgan fingerprint density at radius 1 is 0.438 bits per heavy atom. The van der Waals surface area contributed by atoms with Crippen molar-refractivity contribution < 1.29 is 17.1 Å². The zero-order valence-corrected chi connectivity index (χ0v) is 22.8. The van der Waals surface area contributed by atoms with Crippen molar-refractivity contribution in [1.82, 2.24) is 0 Å². The van der Waals surface area contributed by atoms with Crippen LogP contribution in [0.5, 0.6) is 0 Å². The molecule has 0 radical (unpaired) electrons. The van der Waals surface area contributed by atoms with Crippen molar-refractivity contribution in [2.45, 2.75) is 75.8 Å². The van der Waals surface area contributed by atoms with E-state index in [1.165, 1.54) is 68.8 Å². The van der Waals surface area contributed by atoms with Crippen LogP contribution in [0.3, 0.4) is 0 Å². The minimum atomic E-state index is -2.03. The van der Waals surface area contributed by atoms with Gasteiger partial charge in [0, 0.05) is 0 Å². The molecule has 0 unspecified atom stereocenters. The Bertz CT molecular complexity index is 736. The van der Waals surface area contributed by atoms with Gasteiger partial charge >= 0.3 is 195 Å². The van der Waals surface area contributed by atoms with Gasteiger partial charge in [-0.3, -0.25) is 0 Å². The van der Waals surface area contributed by atoms with E-state index < -0.39 is 17.1 Å². The van der Waals surface area contributed by atoms with Gasteiger partial charge in [0.05, 0.1) is 0 Å². The third-order valence-electron chi connectivity index (χ3n) is 5.70. The van der Waals surface area contributed by atoms with Gasteiger partial charge in [0.15, 0.2) is 0 Å². The average Bonchev–Trinajstić information content (AvgIpc) is 2.84. The summed E-state index contributed by atoms with van der Waals surface area (Å²) in [7, 11) is 0. The van der Waals surface area contributed by atoms with Crippen LogP contribution in [0.2, 0.25) is 4.64 Å². The Kier molecular flexibility index (Phi) is 13.3. The van der Waals surface area contributed by atoms with Crippen LogP contribution in [0.15, 0.2) is 91.0 Å². The van der Waals surface area contributed by atoms with Crippen molar-refractivity contribution in [3.05, 3.63) is 91.0 Å². The molecule has 3 aromatic rings. The van der Waals surface area contributed by atoms with Crippen LogP contribution >= 0.6 is 17.0 Å². The van der Waals surface area contributed by atoms with Crippen molar-refractivity contribution in [1.29, 1.82) is 0 Å². The molecule has 0 saturated heterocycles. The van der Waals surface area contributed by atoms with Gasteiger partial charge in [-0.15, -0.1) is 17.0 Å². The average molecular weight is 589 g/mol. The van der Waals surface area contributed by atoms with E-state index in [0.717, 1.165) is 0 Å². The van der Waals surface area contributed by atoms with E-state index in [4.69, 9.17) is 0 Å². The predicted molar refractivity (Wildman–Crippen MR) is 145 cm³/mol. The molecule has 0 aliphatic heterocycles. The number of rotatable bonds is 14. The first-order valence-electron chi connectivity index (χ1n) is 12.1. The van der Waals surface area contributed by atoms with Crippen LogP contribution in [0.4, 0.5) is 0 Å². The fraction of sp³-hybridized carbons (Fsp3) is 0.400. The Labute approximate surface area is 211 Å². The number of hydrogen-bond acceptors (Lipinski definition) is 0. The van der Waals surface area contributed by atoms with Gasteiger partial charge < -0.3 is 0 Å². The van der Waals surface area contributed by atoms with Crippen LogP contribution in [0.1, 0.15) is 71.1 Å². The summed E-state index contributed by atoms with van der Waals surface area (Å²) in [5, 5.41) is 0. The van der Waals surface area contributed by atoms with E-state index in [0.29, 0.717) is 0 Å². The summed E-state index contributed by atoms with van der Waals surface area (Å²) in [6, 6.07) is 34.1. The summed E-state index contributed by atoms with van der Waals surface area (Å²) >= 11 is -2.03. The summed E-state index contributed by atoms with van der Waals surface area (Å²) in [6.45, 7) is 2.30. The molecule has 0 bridgehead atoms. The van der Waals surface area contributed by atoms with E-state index in [2.05, 4.69) is 97.9 Å². The van der Waals surface area contributed by atoms with Crippen molar-refractivity contribution >= 4 is 28.3 Å². The number of hydrogen-bond donors (Lipinski definition) is 0. The molecule has 0 spiro atoms. The minimum absolute atomic E-state index is 0. The van der Waals surface area contributed by atoms with Gasteiger partial charge in [0.25, 0.3) is 0 Å². The number of unbranched alkanes of at least 4 members (excludes halogenated alkanes) is 9. The van der Waals surface area contributed by atoms with E-state index in [-0.39, 0.29) is 17.0 Å².